The number of amides is 2. The van der Waals surface area contributed by atoms with Crippen molar-refractivity contribution in [3.8, 4) is 17.5 Å². The van der Waals surface area contributed by atoms with E-state index in [4.69, 9.17) is 9.47 Å². The van der Waals surface area contributed by atoms with Gasteiger partial charge in [0.05, 0.1) is 19.5 Å². The molecule has 0 spiro atoms. The molecule has 2 amide bonds. The summed E-state index contributed by atoms with van der Waals surface area (Å²) in [5.74, 6) is 2.29. The monoisotopic (exact) mass is 509 g/mol. The van der Waals surface area contributed by atoms with Gasteiger partial charge in [0.2, 0.25) is 11.8 Å². The Morgan fingerprint density at radius 3 is 2.70 bits per heavy atom. The number of pyridine rings is 1. The van der Waals surface area contributed by atoms with Crippen molar-refractivity contribution in [2.75, 3.05) is 25.5 Å². The maximum Gasteiger partial charge on any atom is 0.323 e. The summed E-state index contributed by atoms with van der Waals surface area (Å²) in [7, 11) is 1.52. The number of piperidine rings is 1. The first-order valence-electron chi connectivity index (χ1n) is 10.5. The third kappa shape index (κ3) is 6.07. The fourth-order valence-electron chi connectivity index (χ4n) is 3.55. The lowest BCUT2D eigenvalue weighted by molar-refractivity contribution is 0.197. The predicted molar refractivity (Wildman–Crippen MR) is 129 cm³/mol. The number of halogens is 1. The van der Waals surface area contributed by atoms with E-state index < -0.39 is 0 Å². The third-order valence-electron chi connectivity index (χ3n) is 5.29. The zero-order valence-electron chi connectivity index (χ0n) is 18.4. The van der Waals surface area contributed by atoms with Crippen LogP contribution < -0.4 is 14.8 Å². The number of rotatable bonds is 5. The number of urea groups is 1. The van der Waals surface area contributed by atoms with E-state index in [0.717, 1.165) is 22.2 Å². The molecular weight excluding hydrogens is 486 g/mol. The Morgan fingerprint density at radius 2 is 2.00 bits per heavy atom. The fourth-order valence-corrected chi connectivity index (χ4v) is 3.78. The minimum atomic E-state index is -0.183. The number of ether oxygens (including phenoxy) is 2. The number of benzene rings is 1. The fraction of sp³-hybridized carbons (Fsp3) is 0.250. The van der Waals surface area contributed by atoms with Crippen LogP contribution in [-0.2, 0) is 0 Å². The van der Waals surface area contributed by atoms with Crippen molar-refractivity contribution >= 4 is 33.9 Å². The average molecular weight is 510 g/mol. The second kappa shape index (κ2) is 10.4. The maximum atomic E-state index is 12.6. The Kier molecular flexibility index (Phi) is 7.19. The van der Waals surface area contributed by atoms with E-state index in [1.54, 1.807) is 11.1 Å². The van der Waals surface area contributed by atoms with Crippen LogP contribution in [0.1, 0.15) is 18.9 Å². The molecule has 0 aliphatic carbocycles. The van der Waals surface area contributed by atoms with Crippen molar-refractivity contribution in [3.63, 3.8) is 0 Å². The lowest BCUT2D eigenvalue weighted by Crippen LogP contribution is -2.42. The number of anilines is 1. The van der Waals surface area contributed by atoms with Crippen LogP contribution in [-0.4, -0.2) is 46.1 Å². The quantitative estimate of drug-likeness (QED) is 0.495. The molecular formula is C24H24BrN5O3. The van der Waals surface area contributed by atoms with Crippen LogP contribution in [0.4, 0.5) is 10.6 Å². The zero-order valence-corrected chi connectivity index (χ0v) is 19.9. The van der Waals surface area contributed by atoms with Gasteiger partial charge in [-0.2, -0.15) is 0 Å². The molecule has 1 atom stereocenters. The lowest BCUT2D eigenvalue weighted by atomic mass is 9.91. The van der Waals surface area contributed by atoms with Crippen molar-refractivity contribution in [1.82, 2.24) is 19.9 Å². The highest BCUT2D eigenvalue weighted by atomic mass is 79.9. The van der Waals surface area contributed by atoms with Crippen molar-refractivity contribution in [2.45, 2.75) is 13.3 Å². The number of carbonyl (C=O) groups excluding carboxylic acids is 1. The molecule has 0 bridgehead atoms. The Bertz CT molecular complexity index is 1140. The van der Waals surface area contributed by atoms with Crippen LogP contribution in [0.2, 0.25) is 0 Å². The molecule has 3 aromatic rings. The first kappa shape index (κ1) is 22.7. The summed E-state index contributed by atoms with van der Waals surface area (Å²) in [6.45, 7) is 3.38. The molecule has 33 heavy (non-hydrogen) atoms. The van der Waals surface area contributed by atoms with Gasteiger partial charge in [-0.05, 0) is 52.0 Å². The zero-order chi connectivity index (χ0) is 23.2. The van der Waals surface area contributed by atoms with Gasteiger partial charge in [-0.15, -0.1) is 0 Å². The number of hydrogen-bond acceptors (Lipinski definition) is 6. The number of carbonyl (C=O) groups is 1. The topological polar surface area (TPSA) is 89.5 Å². The number of nitrogens with one attached hydrogen (secondary N) is 1. The number of hydrogen-bond donors (Lipinski definition) is 1. The minimum Gasteiger partial charge on any atom is -0.480 e. The van der Waals surface area contributed by atoms with Crippen molar-refractivity contribution in [1.29, 1.82) is 0 Å². The van der Waals surface area contributed by atoms with E-state index in [9.17, 15) is 4.79 Å². The van der Waals surface area contributed by atoms with E-state index >= 15 is 0 Å². The van der Waals surface area contributed by atoms with Crippen LogP contribution >= 0.6 is 15.9 Å². The Hall–Kier alpha value is -3.46. The van der Waals surface area contributed by atoms with Gasteiger partial charge in [-0.3, -0.25) is 5.32 Å². The van der Waals surface area contributed by atoms with Gasteiger partial charge < -0.3 is 14.4 Å². The molecule has 2 aromatic heterocycles. The van der Waals surface area contributed by atoms with Crippen molar-refractivity contribution in [2.24, 2.45) is 5.92 Å². The molecule has 1 aromatic carbocycles. The van der Waals surface area contributed by atoms with Crippen LogP contribution in [0.3, 0.4) is 0 Å². The predicted octanol–water partition coefficient (Wildman–Crippen LogP) is 5.39. The third-order valence-corrected chi connectivity index (χ3v) is 5.76. The molecule has 0 radical (unpaired) electrons. The summed E-state index contributed by atoms with van der Waals surface area (Å²) in [5, 5.41) is 2.80. The molecule has 3 heterocycles. The Morgan fingerprint density at radius 1 is 1.15 bits per heavy atom. The summed E-state index contributed by atoms with van der Waals surface area (Å²) >= 11 is 3.37. The standard InChI is InChI=1S/C24H24BrN5O3/c1-16-15-30(24(31)29-21-13-28-23(32-2)14-26-21)9-8-18(16)10-17-4-3-5-20(11-17)33-22-7-6-19(25)12-27-22/h3-7,10-14,16H,8-9,15H2,1-2H3,(H,26,29,31)/b18-10+. The van der Waals surface area contributed by atoms with Crippen LogP contribution in [0.5, 0.6) is 17.5 Å². The first-order valence-corrected chi connectivity index (χ1v) is 11.3. The highest BCUT2D eigenvalue weighted by molar-refractivity contribution is 9.10. The summed E-state index contributed by atoms with van der Waals surface area (Å²) in [4.78, 5) is 26.9. The van der Waals surface area contributed by atoms with Gasteiger partial charge in [0.1, 0.15) is 5.75 Å². The molecule has 1 saturated heterocycles. The maximum absolute atomic E-state index is 12.6. The van der Waals surface area contributed by atoms with Crippen LogP contribution in [0.15, 0.2) is 65.0 Å². The largest absolute Gasteiger partial charge is 0.480 e. The highest BCUT2D eigenvalue weighted by Gasteiger charge is 2.24. The lowest BCUT2D eigenvalue weighted by Gasteiger charge is -2.33. The van der Waals surface area contributed by atoms with Crippen LogP contribution in [0, 0.1) is 5.92 Å². The van der Waals surface area contributed by atoms with E-state index in [2.05, 4.69) is 49.2 Å². The molecule has 1 aliphatic heterocycles. The molecule has 0 saturated carbocycles. The second-order valence-corrected chi connectivity index (χ2v) is 8.60. The van der Waals surface area contributed by atoms with Gasteiger partial charge in [0.25, 0.3) is 0 Å². The number of likely N-dealkylation sites (tertiary alicyclic amines) is 1. The van der Waals surface area contributed by atoms with Gasteiger partial charge >= 0.3 is 6.03 Å². The smallest absolute Gasteiger partial charge is 0.323 e. The van der Waals surface area contributed by atoms with Crippen molar-refractivity contribution in [3.05, 3.63) is 70.6 Å². The summed E-state index contributed by atoms with van der Waals surface area (Å²) in [6.07, 6.45) is 7.63. The summed E-state index contributed by atoms with van der Waals surface area (Å²) in [6, 6.07) is 11.4. The SMILES string of the molecule is COc1cnc(NC(=O)N2CC/C(=C\c3cccc(Oc4ccc(Br)cn4)c3)C(C)C2)cn1. The molecule has 8 nitrogen and oxygen atoms in total. The average Bonchev–Trinajstić information content (AvgIpc) is 2.82. The number of nitrogens with zero attached hydrogens (tertiary/aromatic N) is 4. The van der Waals surface area contributed by atoms with E-state index in [-0.39, 0.29) is 11.9 Å². The summed E-state index contributed by atoms with van der Waals surface area (Å²) in [5.41, 5.74) is 2.35. The first-order chi connectivity index (χ1) is 16.0. The Labute approximate surface area is 200 Å². The van der Waals surface area contributed by atoms with Crippen LogP contribution in [0.25, 0.3) is 6.08 Å². The second-order valence-electron chi connectivity index (χ2n) is 7.68. The molecule has 170 valence electrons. The molecule has 4 rings (SSSR count). The van der Waals surface area contributed by atoms with Gasteiger partial charge in [-0.25, -0.2) is 19.7 Å². The molecule has 1 aliphatic rings. The molecule has 1 N–H and O–H groups in total. The van der Waals surface area contributed by atoms with Gasteiger partial charge in [0, 0.05) is 29.8 Å². The summed E-state index contributed by atoms with van der Waals surface area (Å²) < 4.78 is 11.8. The Balaban J connectivity index is 1.37. The van der Waals surface area contributed by atoms with E-state index in [1.165, 1.54) is 25.1 Å². The van der Waals surface area contributed by atoms with E-state index in [1.807, 2.05) is 36.4 Å². The molecule has 1 fully saturated rings. The molecule has 1 unspecified atom stereocenters. The van der Waals surface area contributed by atoms with E-state index in [0.29, 0.717) is 30.7 Å². The molecule has 9 heteroatoms. The van der Waals surface area contributed by atoms with Crippen molar-refractivity contribution < 1.29 is 14.3 Å². The highest BCUT2D eigenvalue weighted by Crippen LogP contribution is 2.27. The van der Waals surface area contributed by atoms with Gasteiger partial charge in [0.15, 0.2) is 5.82 Å². The number of aromatic nitrogens is 3. The normalized spacial score (nSPS) is 17.0. The number of methoxy groups -OCH3 is 1. The minimum absolute atomic E-state index is 0.183. The van der Waals surface area contributed by atoms with Gasteiger partial charge in [-0.1, -0.05) is 30.7 Å².